The molecule has 0 saturated heterocycles. The van der Waals surface area contributed by atoms with E-state index in [-0.39, 0.29) is 31.2 Å². The lowest BCUT2D eigenvalue weighted by Gasteiger charge is -2.06. The quantitative estimate of drug-likeness (QED) is 0.116. The summed E-state index contributed by atoms with van der Waals surface area (Å²) in [4.78, 5) is 61.0. The molecular formula is C34H34N6O9. The molecule has 0 saturated carbocycles. The minimum atomic E-state index is -1.47. The Morgan fingerprint density at radius 1 is 0.776 bits per heavy atom. The number of nitrogens with zero attached hydrogens (tertiary/aromatic N) is 4. The summed E-state index contributed by atoms with van der Waals surface area (Å²) >= 11 is 0. The van der Waals surface area contributed by atoms with Gasteiger partial charge in [0.2, 0.25) is 12.7 Å². The summed E-state index contributed by atoms with van der Waals surface area (Å²) in [5.74, 6) is -1.99. The zero-order chi connectivity index (χ0) is 35.7. The van der Waals surface area contributed by atoms with E-state index in [4.69, 9.17) is 9.97 Å². The van der Waals surface area contributed by atoms with E-state index in [1.807, 2.05) is 6.92 Å². The molecule has 8 bridgehead atoms. The van der Waals surface area contributed by atoms with Crippen LogP contribution in [0.4, 0.5) is 0 Å². The molecule has 3 aromatic rings. The van der Waals surface area contributed by atoms with E-state index in [1.165, 1.54) is 6.08 Å². The maximum atomic E-state index is 11.6. The molecule has 0 spiro atoms. The van der Waals surface area contributed by atoms with Crippen LogP contribution >= 0.6 is 0 Å². The Morgan fingerprint density at radius 3 is 1.80 bits per heavy atom. The van der Waals surface area contributed by atoms with E-state index < -0.39 is 34.4 Å². The minimum Gasteiger partial charge on any atom is -0.481 e. The van der Waals surface area contributed by atoms with Gasteiger partial charge in [-0.05, 0) is 98.2 Å². The smallest absolute Gasteiger partial charge is 0.303 e. The molecule has 49 heavy (non-hydrogen) atoms. The summed E-state index contributed by atoms with van der Waals surface area (Å²) in [6.45, 7) is 6.33. The van der Waals surface area contributed by atoms with Crippen molar-refractivity contribution in [2.24, 2.45) is 0 Å². The van der Waals surface area contributed by atoms with E-state index in [0.717, 1.165) is 6.20 Å². The Hall–Kier alpha value is -5.96. The maximum absolute atomic E-state index is 11.6. The second-order valence-electron chi connectivity index (χ2n) is 12.0. The number of aryl methyl sites for hydroxylation is 2. The van der Waals surface area contributed by atoms with Gasteiger partial charge in [0.1, 0.15) is 6.10 Å². The van der Waals surface area contributed by atoms with Crippen LogP contribution in [-0.2, 0) is 9.59 Å². The third kappa shape index (κ3) is 7.16. The van der Waals surface area contributed by atoms with Gasteiger partial charge in [-0.15, -0.1) is 0 Å². The monoisotopic (exact) mass is 670 g/mol. The number of aliphatic hydroxyl groups is 1. The van der Waals surface area contributed by atoms with E-state index >= 15 is 0 Å². The van der Waals surface area contributed by atoms with Crippen molar-refractivity contribution in [3.8, 4) is 0 Å². The summed E-state index contributed by atoms with van der Waals surface area (Å²) in [6, 6.07) is 6.81. The Balaban J connectivity index is 1.96. The minimum absolute atomic E-state index is 0.156. The van der Waals surface area contributed by atoms with Crippen molar-refractivity contribution < 1.29 is 34.8 Å². The van der Waals surface area contributed by atoms with Gasteiger partial charge < -0.3 is 25.3 Å². The molecule has 0 radical (unpaired) electrons. The van der Waals surface area contributed by atoms with Gasteiger partial charge >= 0.3 is 11.9 Å². The largest absolute Gasteiger partial charge is 0.481 e. The second kappa shape index (κ2) is 13.6. The topological polar surface area (TPSA) is 238 Å². The van der Waals surface area contributed by atoms with Crippen LogP contribution in [0.15, 0.2) is 30.5 Å². The van der Waals surface area contributed by atoms with Crippen molar-refractivity contribution in [2.75, 3.05) is 6.54 Å². The van der Waals surface area contributed by atoms with Crippen molar-refractivity contribution in [3.63, 3.8) is 0 Å². The van der Waals surface area contributed by atoms with Gasteiger partial charge in [0.15, 0.2) is 0 Å². The number of aliphatic hydroxyl groups excluding tert-OH is 1. The molecule has 254 valence electrons. The predicted molar refractivity (Wildman–Crippen MR) is 182 cm³/mol. The number of aliphatic carboxylic acids is 2. The number of rotatable bonds is 11. The highest BCUT2D eigenvalue weighted by atomic mass is 16.6. The van der Waals surface area contributed by atoms with Gasteiger partial charge in [-0.2, -0.15) is 0 Å². The lowest BCUT2D eigenvalue weighted by atomic mass is 9.98. The lowest BCUT2D eigenvalue weighted by molar-refractivity contribution is -0.491. The number of hydrogen-bond acceptors (Lipinski definition) is 9. The zero-order valence-electron chi connectivity index (χ0n) is 27.2. The standard InChI is InChI=1S/C34H34N6O9/c1-16-20(5-7-32(42)43)28-14-29-21(6-8-33(44)45)17(2)24(36-29)12-27-22(9-10-39(46)47)18(3)25(37-27)13-30-34(31(41)15-40(48)49)19(4)26(38-30)11-23(16)35-28/h9-14,31,37-38,41H,5-8,15H2,1-4H3,(H,42,43)(H,44,45)/b10-9+,23-11?,24-12?,25-13?,26-11?,27-12?,28-14?,29-14?,30-13?. The molecule has 2 aliphatic heterocycles. The molecule has 0 fully saturated rings. The molecule has 2 aliphatic rings. The van der Waals surface area contributed by atoms with Gasteiger partial charge in [-0.3, -0.25) is 29.8 Å². The number of fused-ring (bicyclic) bond motifs is 8. The van der Waals surface area contributed by atoms with Gasteiger partial charge in [-0.1, -0.05) is 0 Å². The molecule has 1 atom stereocenters. The molecule has 0 aromatic carbocycles. The normalized spacial score (nSPS) is 13.7. The molecule has 5 rings (SSSR count). The number of nitrogens with one attached hydrogen (secondary N) is 2. The van der Waals surface area contributed by atoms with Crippen LogP contribution in [0.2, 0.25) is 0 Å². The number of carboxylic acids is 2. The van der Waals surface area contributed by atoms with Crippen LogP contribution < -0.4 is 0 Å². The third-order valence-electron chi connectivity index (χ3n) is 8.83. The van der Waals surface area contributed by atoms with Crippen molar-refractivity contribution in [2.45, 2.75) is 59.5 Å². The lowest BCUT2D eigenvalue weighted by Crippen LogP contribution is -2.12. The Labute approximate surface area is 278 Å². The summed E-state index contributed by atoms with van der Waals surface area (Å²) in [5, 5.41) is 52.7. The molecule has 0 aliphatic carbocycles. The number of aromatic nitrogens is 4. The summed E-state index contributed by atoms with van der Waals surface area (Å²) in [7, 11) is 0. The van der Waals surface area contributed by atoms with Crippen molar-refractivity contribution in [1.29, 1.82) is 0 Å². The SMILES string of the molecule is CC1=C(CCC(=O)O)c2cc3nc(cc4[nH]c(cc5[nH]c(cc1n2)c(C)c5C(O)C[N+](=O)[O-])c(C)c4/C=C/[N+](=O)[O-])C(C)=C3CCC(=O)O. The number of carboxylic acid groups (broad SMARTS) is 2. The molecule has 3 aromatic heterocycles. The fourth-order valence-corrected chi connectivity index (χ4v) is 6.25. The van der Waals surface area contributed by atoms with Crippen LogP contribution in [-0.4, -0.2) is 63.6 Å². The highest BCUT2D eigenvalue weighted by molar-refractivity contribution is 5.97. The van der Waals surface area contributed by atoms with Crippen LogP contribution in [0.25, 0.3) is 50.4 Å². The molecule has 5 N–H and O–H groups in total. The number of nitro groups is 2. The highest BCUT2D eigenvalue weighted by Gasteiger charge is 2.25. The molecule has 5 heterocycles. The van der Waals surface area contributed by atoms with Crippen LogP contribution in [0, 0.1) is 34.1 Å². The van der Waals surface area contributed by atoms with Crippen LogP contribution in [0.1, 0.15) is 90.7 Å². The van der Waals surface area contributed by atoms with Crippen LogP contribution in [0.3, 0.4) is 0 Å². The second-order valence-corrected chi connectivity index (χ2v) is 12.0. The average molecular weight is 671 g/mol. The first kappa shape index (κ1) is 34.4. The van der Waals surface area contributed by atoms with Crippen molar-refractivity contribution in [3.05, 3.63) is 95.7 Å². The van der Waals surface area contributed by atoms with Crippen molar-refractivity contribution >= 4 is 62.4 Å². The number of allylic oxidation sites excluding steroid dienone is 4. The van der Waals surface area contributed by atoms with Gasteiger partial charge in [0.25, 0.3) is 0 Å². The first-order valence-electron chi connectivity index (χ1n) is 15.4. The molecule has 15 heteroatoms. The number of H-pyrrole nitrogens is 2. The fraction of sp³-hybridized carbons (Fsp3) is 0.294. The molecule has 15 nitrogen and oxygen atoms in total. The van der Waals surface area contributed by atoms with E-state index in [0.29, 0.717) is 83.8 Å². The number of carbonyl (C=O) groups is 2. The average Bonchev–Trinajstić information content (AvgIpc) is 3.67. The van der Waals surface area contributed by atoms with Crippen molar-refractivity contribution in [1.82, 2.24) is 19.9 Å². The van der Waals surface area contributed by atoms with Crippen LogP contribution in [0.5, 0.6) is 0 Å². The Bertz CT molecular complexity index is 2190. The number of aromatic amines is 2. The zero-order valence-corrected chi connectivity index (χ0v) is 27.2. The summed E-state index contributed by atoms with van der Waals surface area (Å²) in [5.41, 5.74) is 8.36. The van der Waals surface area contributed by atoms with E-state index in [2.05, 4.69) is 9.97 Å². The van der Waals surface area contributed by atoms with E-state index in [1.54, 1.807) is 45.0 Å². The maximum Gasteiger partial charge on any atom is 0.303 e. The third-order valence-corrected chi connectivity index (χ3v) is 8.83. The summed E-state index contributed by atoms with van der Waals surface area (Å²) < 4.78 is 0. The highest BCUT2D eigenvalue weighted by Crippen LogP contribution is 2.38. The first-order valence-corrected chi connectivity index (χ1v) is 15.4. The van der Waals surface area contributed by atoms with Gasteiger partial charge in [-0.25, -0.2) is 9.97 Å². The molecule has 1 unspecified atom stereocenters. The fourth-order valence-electron chi connectivity index (χ4n) is 6.25. The van der Waals surface area contributed by atoms with E-state index in [9.17, 15) is 45.1 Å². The Morgan fingerprint density at radius 2 is 1.29 bits per heavy atom. The van der Waals surface area contributed by atoms with Gasteiger partial charge in [0, 0.05) is 57.0 Å². The first-order chi connectivity index (χ1) is 23.1. The molecular weight excluding hydrogens is 636 g/mol. The molecule has 0 amide bonds. The predicted octanol–water partition coefficient (Wildman–Crippen LogP) is 6.08. The number of hydrogen-bond donors (Lipinski definition) is 5. The summed E-state index contributed by atoms with van der Waals surface area (Å²) in [6.07, 6.45) is 0.656. The Kier molecular flexibility index (Phi) is 9.57. The van der Waals surface area contributed by atoms with Gasteiger partial charge in [0.05, 0.1) is 27.7 Å².